The zero-order chi connectivity index (χ0) is 72.0. The first kappa shape index (κ1) is 101. The fraction of sp³-hybridized carbons (Fsp3) is 1.00. The fourth-order valence-electron chi connectivity index (χ4n) is 17.0. The molecule has 0 saturated heterocycles. The van der Waals surface area contributed by atoms with E-state index in [0.29, 0.717) is 0 Å². The summed E-state index contributed by atoms with van der Waals surface area (Å²) in [7, 11) is 0. The minimum absolute atomic E-state index is 1.25. The Kier molecular flexibility index (Phi) is 99.9. The maximum absolute atomic E-state index is 3.75. The van der Waals surface area contributed by atoms with Crippen LogP contribution < -0.4 is 5.32 Å². The van der Waals surface area contributed by atoms with Gasteiger partial charge in [-0.2, -0.15) is 0 Å². The molecule has 0 aromatic heterocycles. The summed E-state index contributed by atoms with van der Waals surface area (Å²) >= 11 is 0. The number of nitrogens with one attached hydrogen (secondary N) is 1. The summed E-state index contributed by atoms with van der Waals surface area (Å²) in [6, 6.07) is 0. The fourth-order valence-corrected chi connectivity index (χ4v) is 17.0. The Hall–Kier alpha value is -0.0400. The minimum atomic E-state index is 1.25. The van der Waals surface area contributed by atoms with E-state index in [-0.39, 0.29) is 0 Å². The van der Waals surface area contributed by atoms with Gasteiger partial charge in [0, 0.05) is 0 Å². The lowest BCUT2D eigenvalue weighted by Gasteiger charge is -2.06. The first-order valence-corrected chi connectivity index (χ1v) is 50.1. The lowest BCUT2D eigenvalue weighted by atomic mass is 10.0. The Morgan fingerprint density at radius 3 is 0.208 bits per heavy atom. The summed E-state index contributed by atoms with van der Waals surface area (Å²) in [4.78, 5) is 0. The monoisotopic (exact) mass is 1420 g/mol. The largest absolute Gasteiger partial charge is 0.317 e. The summed E-state index contributed by atoms with van der Waals surface area (Å²) < 4.78 is 0. The quantitative estimate of drug-likeness (QED) is 0.0599. The molecule has 0 fully saturated rings. The van der Waals surface area contributed by atoms with Crippen LogP contribution in [0, 0.1) is 0 Å². The third-order valence-corrected chi connectivity index (χ3v) is 24.4. The van der Waals surface area contributed by atoms with Gasteiger partial charge < -0.3 is 5.32 Å². The van der Waals surface area contributed by atoms with Gasteiger partial charge in [-0.25, -0.2) is 0 Å². The van der Waals surface area contributed by atoms with E-state index in [2.05, 4.69) is 19.2 Å². The van der Waals surface area contributed by atoms with E-state index in [1.807, 2.05) is 0 Å². The molecule has 608 valence electrons. The van der Waals surface area contributed by atoms with E-state index in [1.54, 1.807) is 0 Å². The van der Waals surface area contributed by atoms with Crippen molar-refractivity contribution in [2.75, 3.05) is 13.1 Å². The SMILES string of the molecule is CCCCCCCCCCCCCCCCCCCCCCCCCCCCCCCCCCCCCCCCCCCCCCCCCCNCCCCCCCCCCCCCCCCCCCCCCCCCCCCCCCCCCCCCCCCCCCCCCCCCC. The van der Waals surface area contributed by atoms with Crippen LogP contribution in [0.15, 0.2) is 0 Å². The second kappa shape index (κ2) is 100.0. The molecule has 0 aromatic rings. The van der Waals surface area contributed by atoms with Crippen LogP contribution in [0.1, 0.15) is 630 Å². The molecule has 1 heteroatoms. The molecule has 0 bridgehead atoms. The summed E-state index contributed by atoms with van der Waals surface area (Å²) in [5.41, 5.74) is 0. The van der Waals surface area contributed by atoms with E-state index in [9.17, 15) is 0 Å². The molecule has 1 nitrogen and oxygen atoms in total. The van der Waals surface area contributed by atoms with Gasteiger partial charge in [0.05, 0.1) is 0 Å². The third kappa shape index (κ3) is 100.0. The Balaban J connectivity index is 3.09. The average Bonchev–Trinajstić information content (AvgIpc) is 3.68. The number of hydrogen-bond acceptors (Lipinski definition) is 1. The summed E-state index contributed by atoms with van der Waals surface area (Å²) in [5.74, 6) is 0. The van der Waals surface area contributed by atoms with Gasteiger partial charge in [0.1, 0.15) is 0 Å². The molecule has 0 atom stereocenters. The average molecular weight is 1420 g/mol. The van der Waals surface area contributed by atoms with Crippen LogP contribution in [-0.2, 0) is 0 Å². The Morgan fingerprint density at radius 1 is 0.0792 bits per heavy atom. The van der Waals surface area contributed by atoms with Crippen LogP contribution in [0.4, 0.5) is 0 Å². The Bertz CT molecular complexity index is 1220. The number of hydrogen-bond donors (Lipinski definition) is 1. The lowest BCUT2D eigenvalue weighted by molar-refractivity contribution is 0.506. The molecule has 1 N–H and O–H groups in total. The van der Waals surface area contributed by atoms with Crippen LogP contribution in [0.5, 0.6) is 0 Å². The zero-order valence-electron chi connectivity index (χ0n) is 71.8. The van der Waals surface area contributed by atoms with E-state index >= 15 is 0 Å². The van der Waals surface area contributed by atoms with Crippen molar-refractivity contribution < 1.29 is 0 Å². The first-order chi connectivity index (χ1) is 50.4. The van der Waals surface area contributed by atoms with Crippen molar-refractivity contribution in [2.45, 2.75) is 630 Å². The van der Waals surface area contributed by atoms with Crippen LogP contribution in [0.2, 0.25) is 0 Å². The molecule has 0 aliphatic carbocycles. The summed E-state index contributed by atoms with van der Waals surface area (Å²) in [5, 5.41) is 3.75. The number of rotatable bonds is 98. The van der Waals surface area contributed by atoms with Crippen molar-refractivity contribution in [2.24, 2.45) is 0 Å². The van der Waals surface area contributed by atoms with Crippen LogP contribution >= 0.6 is 0 Å². The van der Waals surface area contributed by atoms with Crippen molar-refractivity contribution in [1.29, 1.82) is 0 Å². The molecular weight excluding hydrogens is 1220 g/mol. The normalized spacial score (nSPS) is 11.8. The molecule has 0 saturated carbocycles. The van der Waals surface area contributed by atoms with E-state index in [4.69, 9.17) is 0 Å². The lowest BCUT2D eigenvalue weighted by Crippen LogP contribution is -2.16. The number of unbranched alkanes of at least 4 members (excludes halogenated alkanes) is 94. The molecule has 0 spiro atoms. The van der Waals surface area contributed by atoms with Gasteiger partial charge in [-0.05, 0) is 25.9 Å². The molecule has 0 amide bonds. The second-order valence-corrected chi connectivity index (χ2v) is 35.0. The van der Waals surface area contributed by atoms with Crippen LogP contribution in [0.3, 0.4) is 0 Å². The van der Waals surface area contributed by atoms with Crippen LogP contribution in [-0.4, -0.2) is 13.1 Å². The Labute approximate surface area is 644 Å². The molecule has 0 aromatic carbocycles. The highest BCUT2D eigenvalue weighted by Crippen LogP contribution is 2.23. The predicted molar refractivity (Wildman–Crippen MR) is 467 cm³/mol. The van der Waals surface area contributed by atoms with Gasteiger partial charge in [0.2, 0.25) is 0 Å². The van der Waals surface area contributed by atoms with Gasteiger partial charge in [-0.15, -0.1) is 0 Å². The maximum Gasteiger partial charge on any atom is -0.00489 e. The van der Waals surface area contributed by atoms with Crippen molar-refractivity contribution in [1.82, 2.24) is 5.32 Å². The predicted octanol–water partition coefficient (Wildman–Crippen LogP) is 38.1. The van der Waals surface area contributed by atoms with Gasteiger partial charge in [-0.1, -0.05) is 617 Å². The van der Waals surface area contributed by atoms with Crippen molar-refractivity contribution in [3.63, 3.8) is 0 Å². The molecule has 0 aliphatic heterocycles. The standard InChI is InChI=1S/C100H203N/c1-3-5-7-9-11-13-15-17-19-21-23-25-27-29-31-33-35-37-39-41-43-45-47-49-51-53-55-57-59-61-63-65-67-69-71-73-75-77-79-81-83-85-87-89-91-93-95-97-99-101-100-98-96-94-92-90-88-86-84-82-80-78-76-74-72-70-68-66-64-62-60-58-56-54-52-50-48-46-44-42-40-38-36-34-32-30-28-26-24-22-20-18-16-14-12-10-8-6-4-2/h101H,3-100H2,1-2H3. The molecule has 0 heterocycles. The van der Waals surface area contributed by atoms with Crippen molar-refractivity contribution in [3.8, 4) is 0 Å². The van der Waals surface area contributed by atoms with Gasteiger partial charge in [-0.3, -0.25) is 0 Å². The minimum Gasteiger partial charge on any atom is -0.317 e. The second-order valence-electron chi connectivity index (χ2n) is 35.0. The molecule has 0 aliphatic rings. The molecule has 101 heavy (non-hydrogen) atoms. The molecule has 0 rings (SSSR count). The molecule has 0 radical (unpaired) electrons. The maximum atomic E-state index is 3.75. The highest BCUT2D eigenvalue weighted by atomic mass is 14.8. The van der Waals surface area contributed by atoms with E-state index in [1.165, 1.54) is 629 Å². The van der Waals surface area contributed by atoms with E-state index < -0.39 is 0 Å². The van der Waals surface area contributed by atoms with Gasteiger partial charge in [0.25, 0.3) is 0 Å². The van der Waals surface area contributed by atoms with Gasteiger partial charge in [0.15, 0.2) is 0 Å². The third-order valence-electron chi connectivity index (χ3n) is 24.4. The van der Waals surface area contributed by atoms with Gasteiger partial charge >= 0.3 is 0 Å². The zero-order valence-corrected chi connectivity index (χ0v) is 71.8. The molecular formula is C100H203N. The van der Waals surface area contributed by atoms with E-state index in [0.717, 1.165) is 0 Å². The smallest absolute Gasteiger partial charge is 0.00489 e. The Morgan fingerprint density at radius 2 is 0.139 bits per heavy atom. The summed E-state index contributed by atoms with van der Waals surface area (Å²) in [6.45, 7) is 7.13. The highest BCUT2D eigenvalue weighted by Gasteiger charge is 2.04. The molecule has 0 unspecified atom stereocenters. The van der Waals surface area contributed by atoms with Crippen molar-refractivity contribution >= 4 is 0 Å². The topological polar surface area (TPSA) is 12.0 Å². The highest BCUT2D eigenvalue weighted by molar-refractivity contribution is 4.60. The van der Waals surface area contributed by atoms with Crippen molar-refractivity contribution in [3.05, 3.63) is 0 Å². The first-order valence-electron chi connectivity index (χ1n) is 50.1. The summed E-state index contributed by atoms with van der Waals surface area (Å²) in [6.07, 6.45) is 143. The van der Waals surface area contributed by atoms with Crippen LogP contribution in [0.25, 0.3) is 0 Å².